The van der Waals surface area contributed by atoms with Crippen molar-refractivity contribution in [3.05, 3.63) is 24.0 Å². The fourth-order valence-electron chi connectivity index (χ4n) is 1.43. The molecule has 1 aromatic heterocycles. The Balaban J connectivity index is 2.33. The Morgan fingerprint density at radius 1 is 1.59 bits per heavy atom. The number of allylic oxidation sites excluding steroid dienone is 1. The molecule has 0 saturated heterocycles. The molecule has 0 N–H and O–H groups in total. The topological polar surface area (TPSA) is 34.9 Å². The van der Waals surface area contributed by atoms with Crippen LogP contribution in [0.3, 0.4) is 0 Å². The van der Waals surface area contributed by atoms with Crippen LogP contribution < -0.4 is 0 Å². The molecule has 4 heteroatoms. The van der Waals surface area contributed by atoms with Gasteiger partial charge in [0.15, 0.2) is 5.12 Å². The summed E-state index contributed by atoms with van der Waals surface area (Å²) in [5, 5.41) is 4.47. The van der Waals surface area contributed by atoms with Gasteiger partial charge in [-0.25, -0.2) is 0 Å². The summed E-state index contributed by atoms with van der Waals surface area (Å²) in [6.07, 6.45) is 8.99. The third-order valence-electron chi connectivity index (χ3n) is 2.11. The number of carbonyl (C=O) groups excluding carboxylic acids is 1. The molecule has 3 nitrogen and oxygen atoms in total. The molecule has 1 heterocycles. The molecule has 1 rings (SSSR count). The highest BCUT2D eigenvalue weighted by Gasteiger charge is 1.98. The zero-order valence-corrected chi connectivity index (χ0v) is 11.5. The number of hydrogen-bond acceptors (Lipinski definition) is 3. The predicted molar refractivity (Wildman–Crippen MR) is 73.9 cm³/mol. The number of carbonyl (C=O) groups is 1. The summed E-state index contributed by atoms with van der Waals surface area (Å²) < 4.78 is 1.97. The molecule has 0 atom stereocenters. The average Bonchev–Trinajstić information content (AvgIpc) is 2.63. The van der Waals surface area contributed by atoms with Gasteiger partial charge in [0.2, 0.25) is 0 Å². The van der Waals surface area contributed by atoms with E-state index in [-0.39, 0.29) is 5.12 Å². The van der Waals surface area contributed by atoms with E-state index in [0.717, 1.165) is 24.3 Å². The van der Waals surface area contributed by atoms with Crippen molar-refractivity contribution in [2.75, 3.05) is 5.75 Å². The van der Waals surface area contributed by atoms with Gasteiger partial charge in [0.05, 0.1) is 6.20 Å². The molecule has 0 bridgehead atoms. The highest BCUT2D eigenvalue weighted by molar-refractivity contribution is 8.13. The molecule has 0 unspecified atom stereocenters. The van der Waals surface area contributed by atoms with Gasteiger partial charge in [-0.1, -0.05) is 37.8 Å². The molecule has 0 aliphatic carbocycles. The minimum Gasteiger partial charge on any atom is -0.288 e. The fourth-order valence-corrected chi connectivity index (χ4v) is 1.97. The van der Waals surface area contributed by atoms with Gasteiger partial charge in [-0.3, -0.25) is 9.48 Å². The summed E-state index contributed by atoms with van der Waals surface area (Å²) in [4.78, 5) is 10.7. The summed E-state index contributed by atoms with van der Waals surface area (Å²) >= 11 is 1.37. The Labute approximate surface area is 107 Å². The molecular formula is C13H20N2OS. The first-order valence-electron chi connectivity index (χ1n) is 5.90. The van der Waals surface area contributed by atoms with Gasteiger partial charge < -0.3 is 0 Å². The maximum atomic E-state index is 10.7. The molecule has 1 aromatic rings. The van der Waals surface area contributed by atoms with E-state index < -0.39 is 0 Å². The average molecular weight is 252 g/mol. The number of aromatic nitrogens is 2. The van der Waals surface area contributed by atoms with Crippen molar-refractivity contribution in [2.45, 2.75) is 33.7 Å². The lowest BCUT2D eigenvalue weighted by Crippen LogP contribution is -2.03. The smallest absolute Gasteiger partial charge is 0.185 e. The Hall–Kier alpha value is -1.03. The predicted octanol–water partition coefficient (Wildman–Crippen LogP) is 3.22. The number of thioether (sulfide) groups is 1. The van der Waals surface area contributed by atoms with Gasteiger partial charge in [-0.15, -0.1) is 0 Å². The Bertz CT molecular complexity index is 383. The van der Waals surface area contributed by atoms with Crippen LogP contribution in [0.1, 0.15) is 32.8 Å². The van der Waals surface area contributed by atoms with Crippen LogP contribution in [0.25, 0.3) is 6.08 Å². The Morgan fingerprint density at radius 3 is 3.00 bits per heavy atom. The van der Waals surface area contributed by atoms with Gasteiger partial charge >= 0.3 is 0 Å². The SMILES string of the molecule is CC(=O)SCCC=Cc1cnn(CC(C)C)c1. The molecule has 0 aromatic carbocycles. The quantitative estimate of drug-likeness (QED) is 0.729. The van der Waals surface area contributed by atoms with E-state index in [1.807, 2.05) is 10.9 Å². The fraction of sp³-hybridized carbons (Fsp3) is 0.538. The van der Waals surface area contributed by atoms with Crippen LogP contribution in [0.15, 0.2) is 18.5 Å². The van der Waals surface area contributed by atoms with Crippen LogP contribution in [0.5, 0.6) is 0 Å². The second kappa shape index (κ2) is 7.33. The van der Waals surface area contributed by atoms with Gasteiger partial charge in [0.25, 0.3) is 0 Å². The van der Waals surface area contributed by atoms with Crippen molar-refractivity contribution in [3.8, 4) is 0 Å². The zero-order chi connectivity index (χ0) is 12.7. The first kappa shape index (κ1) is 14.0. The van der Waals surface area contributed by atoms with Crippen molar-refractivity contribution in [1.82, 2.24) is 9.78 Å². The number of hydrogen-bond donors (Lipinski definition) is 0. The Kier molecular flexibility index (Phi) is 6.05. The van der Waals surface area contributed by atoms with Crippen molar-refractivity contribution < 1.29 is 4.79 Å². The van der Waals surface area contributed by atoms with Crippen molar-refractivity contribution in [1.29, 1.82) is 0 Å². The maximum absolute atomic E-state index is 10.7. The lowest BCUT2D eigenvalue weighted by molar-refractivity contribution is -0.109. The summed E-state index contributed by atoms with van der Waals surface area (Å²) in [6.45, 7) is 6.91. The molecule has 0 saturated carbocycles. The molecule has 0 aliphatic heterocycles. The van der Waals surface area contributed by atoms with Crippen LogP contribution in [-0.4, -0.2) is 20.6 Å². The van der Waals surface area contributed by atoms with E-state index in [9.17, 15) is 4.79 Å². The highest BCUT2D eigenvalue weighted by Crippen LogP contribution is 2.07. The van der Waals surface area contributed by atoms with E-state index in [0.29, 0.717) is 5.92 Å². The van der Waals surface area contributed by atoms with Crippen molar-refractivity contribution in [3.63, 3.8) is 0 Å². The van der Waals surface area contributed by atoms with Crippen LogP contribution in [-0.2, 0) is 11.3 Å². The van der Waals surface area contributed by atoms with Gasteiger partial charge in [-0.2, -0.15) is 5.10 Å². The van der Waals surface area contributed by atoms with E-state index >= 15 is 0 Å². The number of rotatable bonds is 6. The first-order chi connectivity index (χ1) is 8.08. The molecule has 94 valence electrons. The zero-order valence-electron chi connectivity index (χ0n) is 10.7. The normalized spacial score (nSPS) is 11.5. The minimum absolute atomic E-state index is 0.183. The maximum Gasteiger partial charge on any atom is 0.185 e. The third kappa shape index (κ3) is 6.31. The summed E-state index contributed by atoms with van der Waals surface area (Å²) in [5.41, 5.74) is 1.12. The van der Waals surface area contributed by atoms with Gasteiger partial charge in [0.1, 0.15) is 0 Å². The number of nitrogens with zero attached hydrogens (tertiary/aromatic N) is 2. The van der Waals surface area contributed by atoms with Gasteiger partial charge in [0, 0.05) is 31.0 Å². The Morgan fingerprint density at radius 2 is 2.35 bits per heavy atom. The molecular weight excluding hydrogens is 232 g/mol. The summed E-state index contributed by atoms with van der Waals surface area (Å²) in [5.74, 6) is 1.46. The highest BCUT2D eigenvalue weighted by atomic mass is 32.2. The van der Waals surface area contributed by atoms with Gasteiger partial charge in [-0.05, 0) is 12.3 Å². The molecule has 17 heavy (non-hydrogen) atoms. The second-order valence-corrected chi connectivity index (χ2v) is 5.69. The summed E-state index contributed by atoms with van der Waals surface area (Å²) in [7, 11) is 0. The molecule has 0 radical (unpaired) electrons. The molecule has 0 spiro atoms. The third-order valence-corrected chi connectivity index (χ3v) is 2.95. The van der Waals surface area contributed by atoms with Crippen molar-refractivity contribution in [2.24, 2.45) is 5.92 Å². The molecule has 0 fully saturated rings. The van der Waals surface area contributed by atoms with E-state index in [1.54, 1.807) is 6.92 Å². The summed E-state index contributed by atoms with van der Waals surface area (Å²) in [6, 6.07) is 0. The van der Waals surface area contributed by atoms with Crippen molar-refractivity contribution >= 4 is 23.0 Å². The molecule has 0 aliphatic rings. The standard InChI is InChI=1S/C13H20N2OS/c1-11(2)9-15-10-13(8-14-15)6-4-5-7-17-12(3)16/h4,6,8,10-11H,5,7,9H2,1-3H3. The first-order valence-corrected chi connectivity index (χ1v) is 6.89. The van der Waals surface area contributed by atoms with E-state index in [2.05, 4.69) is 37.3 Å². The van der Waals surface area contributed by atoms with Crippen LogP contribution in [0.2, 0.25) is 0 Å². The second-order valence-electron chi connectivity index (χ2n) is 4.42. The monoisotopic (exact) mass is 252 g/mol. The minimum atomic E-state index is 0.183. The van der Waals surface area contributed by atoms with Crippen LogP contribution in [0.4, 0.5) is 0 Å². The van der Waals surface area contributed by atoms with Crippen LogP contribution >= 0.6 is 11.8 Å². The van der Waals surface area contributed by atoms with Crippen LogP contribution in [0, 0.1) is 5.92 Å². The lowest BCUT2D eigenvalue weighted by Gasteiger charge is -2.02. The van der Waals surface area contributed by atoms with E-state index in [1.165, 1.54) is 11.8 Å². The molecule has 0 amide bonds. The van der Waals surface area contributed by atoms with E-state index in [4.69, 9.17) is 0 Å². The lowest BCUT2D eigenvalue weighted by atomic mass is 10.2. The largest absolute Gasteiger partial charge is 0.288 e.